The van der Waals surface area contributed by atoms with Gasteiger partial charge < -0.3 is 5.32 Å². The molecule has 1 N–H and O–H groups in total. The number of hydrogen-bond donors (Lipinski definition) is 1. The van der Waals surface area contributed by atoms with Crippen molar-refractivity contribution in [2.24, 2.45) is 0 Å². The minimum atomic E-state index is -0.0168. The molecule has 0 spiro atoms. The van der Waals surface area contributed by atoms with E-state index in [0.717, 1.165) is 22.7 Å². The average Bonchev–Trinajstić information content (AvgIpc) is 3.17. The Morgan fingerprint density at radius 3 is 2.61 bits per heavy atom. The molecule has 1 aromatic carbocycles. The number of thiazole rings is 1. The summed E-state index contributed by atoms with van der Waals surface area (Å²) in [5.74, 6) is -0.0168. The topological polar surface area (TPSA) is 42.0 Å². The minimum absolute atomic E-state index is 0.0168. The highest BCUT2D eigenvalue weighted by molar-refractivity contribution is 7.16. The summed E-state index contributed by atoms with van der Waals surface area (Å²) in [6, 6.07) is 11.9. The van der Waals surface area contributed by atoms with Gasteiger partial charge in [0.25, 0.3) is 5.91 Å². The Kier molecular flexibility index (Phi) is 4.88. The van der Waals surface area contributed by atoms with Crippen molar-refractivity contribution >= 4 is 28.6 Å². The smallest absolute Gasteiger partial charge is 0.251 e. The second-order valence-electron chi connectivity index (χ2n) is 5.39. The Bertz CT molecular complexity index is 803. The first-order valence-electron chi connectivity index (χ1n) is 7.48. The van der Waals surface area contributed by atoms with E-state index in [0.29, 0.717) is 12.1 Å². The van der Waals surface area contributed by atoms with Crippen LogP contribution in [0.25, 0.3) is 10.6 Å². The number of carbonyl (C=O) groups is 1. The van der Waals surface area contributed by atoms with Crippen LogP contribution >= 0.6 is 22.7 Å². The number of amides is 1. The van der Waals surface area contributed by atoms with Gasteiger partial charge in [-0.05, 0) is 44.5 Å². The Labute approximate surface area is 144 Å². The number of aromatic nitrogens is 1. The van der Waals surface area contributed by atoms with E-state index in [2.05, 4.69) is 27.8 Å². The van der Waals surface area contributed by atoms with Gasteiger partial charge in [0.15, 0.2) is 0 Å². The van der Waals surface area contributed by atoms with Crippen LogP contribution in [-0.2, 0) is 6.42 Å². The molecule has 0 aliphatic heterocycles. The normalized spacial score (nSPS) is 10.7. The Morgan fingerprint density at radius 1 is 1.13 bits per heavy atom. The van der Waals surface area contributed by atoms with Crippen LogP contribution in [0.5, 0.6) is 0 Å². The summed E-state index contributed by atoms with van der Waals surface area (Å²) >= 11 is 3.41. The number of benzene rings is 1. The maximum absolute atomic E-state index is 12.1. The largest absolute Gasteiger partial charge is 0.352 e. The van der Waals surface area contributed by atoms with E-state index in [-0.39, 0.29) is 5.91 Å². The molecule has 0 saturated carbocycles. The predicted molar refractivity (Wildman–Crippen MR) is 97.4 cm³/mol. The first-order chi connectivity index (χ1) is 11.1. The molecule has 0 aliphatic rings. The van der Waals surface area contributed by atoms with Gasteiger partial charge >= 0.3 is 0 Å². The highest BCUT2D eigenvalue weighted by atomic mass is 32.1. The zero-order valence-corrected chi connectivity index (χ0v) is 14.8. The summed E-state index contributed by atoms with van der Waals surface area (Å²) in [4.78, 5) is 19.0. The van der Waals surface area contributed by atoms with Crippen LogP contribution in [0.4, 0.5) is 0 Å². The molecule has 3 aromatic rings. The van der Waals surface area contributed by atoms with Gasteiger partial charge in [-0.2, -0.15) is 0 Å². The fourth-order valence-electron chi connectivity index (χ4n) is 2.23. The summed E-state index contributed by atoms with van der Waals surface area (Å²) in [6.45, 7) is 4.67. The van der Waals surface area contributed by atoms with Crippen LogP contribution in [0.1, 0.15) is 25.8 Å². The first kappa shape index (κ1) is 15.9. The maximum Gasteiger partial charge on any atom is 0.251 e. The van der Waals surface area contributed by atoms with Crippen LogP contribution < -0.4 is 5.32 Å². The van der Waals surface area contributed by atoms with E-state index in [1.165, 1.54) is 9.75 Å². The summed E-state index contributed by atoms with van der Waals surface area (Å²) in [5.41, 5.74) is 2.91. The van der Waals surface area contributed by atoms with E-state index in [4.69, 9.17) is 0 Å². The molecular weight excluding hydrogens is 324 g/mol. The van der Waals surface area contributed by atoms with Crippen molar-refractivity contribution in [1.29, 1.82) is 0 Å². The van der Waals surface area contributed by atoms with Crippen LogP contribution in [-0.4, -0.2) is 17.4 Å². The molecule has 0 aliphatic carbocycles. The number of carbonyl (C=O) groups excluding carboxylic acids is 1. The highest BCUT2D eigenvalue weighted by Gasteiger charge is 2.07. The minimum Gasteiger partial charge on any atom is -0.352 e. The van der Waals surface area contributed by atoms with Gasteiger partial charge in [0, 0.05) is 22.4 Å². The molecule has 118 valence electrons. The van der Waals surface area contributed by atoms with Crippen LogP contribution in [0.15, 0.2) is 41.8 Å². The first-order valence-corrected chi connectivity index (χ1v) is 9.17. The maximum atomic E-state index is 12.1. The molecule has 2 heterocycles. The third-order valence-electron chi connectivity index (χ3n) is 3.50. The van der Waals surface area contributed by atoms with Crippen molar-refractivity contribution in [3.8, 4) is 10.6 Å². The number of hydrogen-bond acceptors (Lipinski definition) is 4. The number of nitrogens with one attached hydrogen (secondary N) is 1. The summed E-state index contributed by atoms with van der Waals surface area (Å²) < 4.78 is 0. The Morgan fingerprint density at radius 2 is 1.91 bits per heavy atom. The van der Waals surface area contributed by atoms with E-state index >= 15 is 0 Å². The molecule has 0 saturated heterocycles. The fourth-order valence-corrected chi connectivity index (χ4v) is 3.89. The van der Waals surface area contributed by atoms with Gasteiger partial charge in [0.1, 0.15) is 0 Å². The summed E-state index contributed by atoms with van der Waals surface area (Å²) in [7, 11) is 0. The van der Waals surface area contributed by atoms with E-state index in [1.54, 1.807) is 22.7 Å². The average molecular weight is 342 g/mol. The molecule has 3 nitrogen and oxygen atoms in total. The zero-order valence-electron chi connectivity index (χ0n) is 13.1. The number of thiophene rings is 1. The molecular formula is C18H18N2OS2. The number of nitrogens with zero attached hydrogens (tertiary/aromatic N) is 1. The van der Waals surface area contributed by atoms with Gasteiger partial charge in [-0.1, -0.05) is 17.7 Å². The SMILES string of the molecule is Cc1ccc(C(=O)NCCc2ccc(-c3csc(C)n3)s2)cc1. The van der Waals surface area contributed by atoms with Crippen LogP contribution in [0.2, 0.25) is 0 Å². The summed E-state index contributed by atoms with van der Waals surface area (Å²) in [5, 5.41) is 6.15. The molecule has 0 radical (unpaired) electrons. The van der Waals surface area contributed by atoms with Gasteiger partial charge in [0.05, 0.1) is 15.6 Å². The summed E-state index contributed by atoms with van der Waals surface area (Å²) in [6.07, 6.45) is 0.839. The molecule has 5 heteroatoms. The van der Waals surface area contributed by atoms with Crippen molar-refractivity contribution in [3.63, 3.8) is 0 Å². The van der Waals surface area contributed by atoms with Gasteiger partial charge in [-0.15, -0.1) is 22.7 Å². The third-order valence-corrected chi connectivity index (χ3v) is 5.44. The molecule has 23 heavy (non-hydrogen) atoms. The predicted octanol–water partition coefficient (Wildman–Crippen LogP) is 4.46. The molecule has 1 amide bonds. The van der Waals surface area contributed by atoms with Gasteiger partial charge in [-0.25, -0.2) is 4.98 Å². The number of aryl methyl sites for hydroxylation is 2. The highest BCUT2D eigenvalue weighted by Crippen LogP contribution is 2.29. The third kappa shape index (κ3) is 4.06. The molecule has 0 atom stereocenters. The lowest BCUT2D eigenvalue weighted by atomic mass is 10.1. The van der Waals surface area contributed by atoms with Gasteiger partial charge in [0.2, 0.25) is 0 Å². The van der Waals surface area contributed by atoms with Crippen molar-refractivity contribution < 1.29 is 4.79 Å². The van der Waals surface area contributed by atoms with Crippen molar-refractivity contribution in [2.45, 2.75) is 20.3 Å². The Balaban J connectivity index is 1.54. The van der Waals surface area contributed by atoms with E-state index in [9.17, 15) is 4.79 Å². The van der Waals surface area contributed by atoms with Crippen LogP contribution in [0, 0.1) is 13.8 Å². The fraction of sp³-hybridized carbons (Fsp3) is 0.222. The molecule has 2 aromatic heterocycles. The van der Waals surface area contributed by atoms with E-state index < -0.39 is 0 Å². The quantitative estimate of drug-likeness (QED) is 0.744. The van der Waals surface area contributed by atoms with Crippen molar-refractivity contribution in [3.05, 3.63) is 62.8 Å². The second kappa shape index (κ2) is 7.06. The second-order valence-corrected chi connectivity index (χ2v) is 7.62. The molecule has 0 fully saturated rings. The molecule has 0 unspecified atom stereocenters. The lowest BCUT2D eigenvalue weighted by Gasteiger charge is -2.04. The lowest BCUT2D eigenvalue weighted by Crippen LogP contribution is -2.25. The Hall–Kier alpha value is -1.98. The van der Waals surface area contributed by atoms with Crippen molar-refractivity contribution in [2.75, 3.05) is 6.54 Å². The monoisotopic (exact) mass is 342 g/mol. The van der Waals surface area contributed by atoms with Crippen LogP contribution in [0.3, 0.4) is 0 Å². The lowest BCUT2D eigenvalue weighted by molar-refractivity contribution is 0.0954. The standard InChI is InChI=1S/C18H18N2OS2/c1-12-3-5-14(6-4-12)18(21)19-10-9-15-7-8-17(23-15)16-11-22-13(2)20-16/h3-8,11H,9-10H2,1-2H3,(H,19,21). The van der Waals surface area contributed by atoms with Gasteiger partial charge in [-0.3, -0.25) is 4.79 Å². The zero-order chi connectivity index (χ0) is 16.2. The van der Waals surface area contributed by atoms with Crippen molar-refractivity contribution in [1.82, 2.24) is 10.3 Å². The molecule has 3 rings (SSSR count). The molecule has 0 bridgehead atoms. The van der Waals surface area contributed by atoms with E-state index in [1.807, 2.05) is 38.1 Å². The number of rotatable bonds is 5.